The summed E-state index contributed by atoms with van der Waals surface area (Å²) in [5, 5.41) is 3.61. The van der Waals surface area contributed by atoms with Crippen molar-refractivity contribution in [1.82, 2.24) is 10.3 Å². The largest absolute Gasteiger partial charge is 0.497 e. The summed E-state index contributed by atoms with van der Waals surface area (Å²) in [5.41, 5.74) is 2.77. The third-order valence-electron chi connectivity index (χ3n) is 4.72. The lowest BCUT2D eigenvalue weighted by molar-refractivity contribution is 0.412. The average molecular weight is 248 g/mol. The normalized spacial score (nSPS) is 20.8. The lowest BCUT2D eigenvalue weighted by atomic mass is 10.0. The molecule has 1 heterocycles. The number of hydrogen-bond donors (Lipinski definition) is 1. The van der Waals surface area contributed by atoms with Gasteiger partial charge in [-0.05, 0) is 17.8 Å². The molecule has 1 fully saturated rings. The van der Waals surface area contributed by atoms with Gasteiger partial charge in [-0.25, -0.2) is 0 Å². The Labute approximate surface area is 110 Å². The molecule has 2 rings (SSSR count). The Bertz CT molecular complexity index is 438. The van der Waals surface area contributed by atoms with Crippen LogP contribution in [0.5, 0.6) is 5.75 Å². The molecule has 0 atom stereocenters. The predicted octanol–water partition coefficient (Wildman–Crippen LogP) is 2.92. The number of aromatic nitrogens is 1. The summed E-state index contributed by atoms with van der Waals surface area (Å²) in [5.74, 6) is 0.883. The van der Waals surface area contributed by atoms with Crippen LogP contribution in [0.1, 0.15) is 39.1 Å². The van der Waals surface area contributed by atoms with Crippen molar-refractivity contribution >= 4 is 0 Å². The van der Waals surface area contributed by atoms with Crippen LogP contribution >= 0.6 is 0 Å². The lowest BCUT2D eigenvalue weighted by Gasteiger charge is -2.08. The van der Waals surface area contributed by atoms with Gasteiger partial charge < -0.3 is 10.1 Å². The quantitative estimate of drug-likeness (QED) is 0.889. The molecule has 100 valence electrons. The molecule has 1 aromatic rings. The third-order valence-corrected chi connectivity index (χ3v) is 4.72. The fourth-order valence-corrected chi connectivity index (χ4v) is 2.82. The van der Waals surface area contributed by atoms with Crippen LogP contribution < -0.4 is 10.1 Å². The maximum atomic E-state index is 5.27. The van der Waals surface area contributed by atoms with Crippen LogP contribution in [0.4, 0.5) is 0 Å². The van der Waals surface area contributed by atoms with Gasteiger partial charge >= 0.3 is 0 Å². The van der Waals surface area contributed by atoms with Crippen LogP contribution in [0.15, 0.2) is 12.1 Å². The Morgan fingerprint density at radius 2 is 1.83 bits per heavy atom. The summed E-state index contributed by atoms with van der Waals surface area (Å²) in [7, 11) is 1.69. The molecule has 0 amide bonds. The number of pyridine rings is 1. The lowest BCUT2D eigenvalue weighted by Crippen LogP contribution is -2.22. The van der Waals surface area contributed by atoms with Gasteiger partial charge in [0.05, 0.1) is 12.8 Å². The molecule has 0 unspecified atom stereocenters. The van der Waals surface area contributed by atoms with Gasteiger partial charge in [-0.15, -0.1) is 0 Å². The Hall–Kier alpha value is -1.09. The molecule has 1 aliphatic rings. The molecule has 3 heteroatoms. The van der Waals surface area contributed by atoms with Crippen molar-refractivity contribution in [3.8, 4) is 5.75 Å². The van der Waals surface area contributed by atoms with E-state index in [9.17, 15) is 0 Å². The molecular formula is C15H24N2O. The van der Waals surface area contributed by atoms with E-state index < -0.39 is 0 Å². The first-order valence-corrected chi connectivity index (χ1v) is 6.54. The zero-order chi connectivity index (χ0) is 13.6. The van der Waals surface area contributed by atoms with Crippen molar-refractivity contribution in [2.45, 2.75) is 47.2 Å². The van der Waals surface area contributed by atoms with Gasteiger partial charge in [-0.3, -0.25) is 4.98 Å². The number of nitrogens with one attached hydrogen (secondary N) is 1. The first-order valence-electron chi connectivity index (χ1n) is 6.54. The highest BCUT2D eigenvalue weighted by Crippen LogP contribution is 2.62. The Morgan fingerprint density at radius 1 is 1.22 bits per heavy atom. The van der Waals surface area contributed by atoms with Crippen molar-refractivity contribution in [3.63, 3.8) is 0 Å². The van der Waals surface area contributed by atoms with Crippen LogP contribution in [0.3, 0.4) is 0 Å². The third kappa shape index (κ3) is 2.12. The molecule has 18 heavy (non-hydrogen) atoms. The highest BCUT2D eigenvalue weighted by atomic mass is 16.5. The maximum absolute atomic E-state index is 5.27. The van der Waals surface area contributed by atoms with E-state index in [1.807, 2.05) is 19.1 Å². The van der Waals surface area contributed by atoms with E-state index in [1.165, 1.54) is 0 Å². The van der Waals surface area contributed by atoms with Crippen LogP contribution in [-0.2, 0) is 6.54 Å². The summed E-state index contributed by atoms with van der Waals surface area (Å²) in [4.78, 5) is 4.53. The first kappa shape index (κ1) is 13.3. The van der Waals surface area contributed by atoms with Gasteiger partial charge in [0.1, 0.15) is 5.75 Å². The second kappa shape index (κ2) is 4.23. The molecule has 0 bridgehead atoms. The zero-order valence-corrected chi connectivity index (χ0v) is 12.3. The average Bonchev–Trinajstić information content (AvgIpc) is 2.66. The molecule has 0 radical (unpaired) electrons. The number of aryl methyl sites for hydroxylation is 1. The van der Waals surface area contributed by atoms with Gasteiger partial charge in [0.25, 0.3) is 0 Å². The number of hydrogen-bond acceptors (Lipinski definition) is 3. The minimum atomic E-state index is 0.362. The summed E-state index contributed by atoms with van der Waals surface area (Å²) >= 11 is 0. The van der Waals surface area contributed by atoms with E-state index in [1.54, 1.807) is 7.11 Å². The van der Waals surface area contributed by atoms with Crippen molar-refractivity contribution in [1.29, 1.82) is 0 Å². The molecule has 0 saturated heterocycles. The summed E-state index contributed by atoms with van der Waals surface area (Å²) < 4.78 is 5.27. The fraction of sp³-hybridized carbons (Fsp3) is 0.667. The second-order valence-electron chi connectivity index (χ2n) is 6.40. The Kier molecular flexibility index (Phi) is 3.14. The highest BCUT2D eigenvalue weighted by Gasteiger charge is 2.64. The fourth-order valence-electron chi connectivity index (χ4n) is 2.82. The molecule has 1 aliphatic carbocycles. The predicted molar refractivity (Wildman–Crippen MR) is 73.7 cm³/mol. The SMILES string of the molecule is COc1cc(C)nc(CNC2C(C)(C)C2(C)C)c1. The Balaban J connectivity index is 2.02. The van der Waals surface area contributed by atoms with Crippen molar-refractivity contribution in [3.05, 3.63) is 23.5 Å². The van der Waals surface area contributed by atoms with Crippen molar-refractivity contribution < 1.29 is 4.74 Å². The summed E-state index contributed by atoms with van der Waals surface area (Å²) in [6.07, 6.45) is 0. The molecule has 3 nitrogen and oxygen atoms in total. The summed E-state index contributed by atoms with van der Waals surface area (Å²) in [6.45, 7) is 12.1. The number of methoxy groups -OCH3 is 1. The van der Waals surface area contributed by atoms with Crippen LogP contribution in [0.25, 0.3) is 0 Å². The molecule has 1 saturated carbocycles. The van der Waals surface area contributed by atoms with Gasteiger partial charge in [-0.1, -0.05) is 27.7 Å². The van der Waals surface area contributed by atoms with Gasteiger partial charge in [-0.2, -0.15) is 0 Å². The van der Waals surface area contributed by atoms with Gasteiger partial charge in [0.2, 0.25) is 0 Å². The molecule has 0 aromatic carbocycles. The number of nitrogens with zero attached hydrogens (tertiary/aromatic N) is 1. The smallest absolute Gasteiger partial charge is 0.122 e. The maximum Gasteiger partial charge on any atom is 0.122 e. The van der Waals surface area contributed by atoms with Crippen molar-refractivity contribution in [2.24, 2.45) is 10.8 Å². The topological polar surface area (TPSA) is 34.1 Å². The number of rotatable bonds is 4. The number of ether oxygens (including phenoxy) is 1. The van der Waals surface area contributed by atoms with Crippen LogP contribution in [0, 0.1) is 17.8 Å². The molecule has 1 aromatic heterocycles. The zero-order valence-electron chi connectivity index (χ0n) is 12.3. The van der Waals surface area contributed by atoms with E-state index in [2.05, 4.69) is 38.0 Å². The summed E-state index contributed by atoms with van der Waals surface area (Å²) in [6, 6.07) is 4.51. The second-order valence-corrected chi connectivity index (χ2v) is 6.40. The minimum Gasteiger partial charge on any atom is -0.497 e. The first-order chi connectivity index (χ1) is 8.29. The molecule has 0 aliphatic heterocycles. The van der Waals surface area contributed by atoms with Gasteiger partial charge in [0.15, 0.2) is 0 Å². The van der Waals surface area contributed by atoms with E-state index >= 15 is 0 Å². The van der Waals surface area contributed by atoms with E-state index in [0.29, 0.717) is 16.9 Å². The molecule has 1 N–H and O–H groups in total. The van der Waals surface area contributed by atoms with Crippen LogP contribution in [0.2, 0.25) is 0 Å². The van der Waals surface area contributed by atoms with E-state index in [4.69, 9.17) is 4.74 Å². The van der Waals surface area contributed by atoms with Crippen LogP contribution in [-0.4, -0.2) is 18.1 Å². The van der Waals surface area contributed by atoms with E-state index in [-0.39, 0.29) is 0 Å². The van der Waals surface area contributed by atoms with E-state index in [0.717, 1.165) is 23.7 Å². The molecular weight excluding hydrogens is 224 g/mol. The van der Waals surface area contributed by atoms with Gasteiger partial charge in [0, 0.05) is 30.4 Å². The monoisotopic (exact) mass is 248 g/mol. The van der Waals surface area contributed by atoms with Crippen molar-refractivity contribution in [2.75, 3.05) is 7.11 Å². The molecule has 0 spiro atoms. The Morgan fingerprint density at radius 3 is 2.33 bits per heavy atom. The minimum absolute atomic E-state index is 0.362. The highest BCUT2D eigenvalue weighted by molar-refractivity contribution is 5.27. The standard InChI is InChI=1S/C15H24N2O/c1-10-7-12(18-6)8-11(17-10)9-16-13-14(2,3)15(13,4)5/h7-8,13,16H,9H2,1-6H3.